The van der Waals surface area contributed by atoms with E-state index in [9.17, 15) is 39.0 Å². The number of pyridine rings is 1. The Labute approximate surface area is 372 Å². The molecule has 0 aliphatic heterocycles. The van der Waals surface area contributed by atoms with Crippen molar-refractivity contribution >= 4 is 52.0 Å². The molecule has 0 spiro atoms. The van der Waals surface area contributed by atoms with Crippen molar-refractivity contribution in [3.05, 3.63) is 95.9 Å². The number of Topliss-reactive ketones (excluding diaryl/α,β-unsaturated/α-hetero) is 1. The zero-order valence-electron chi connectivity index (χ0n) is 36.9. The number of carbonyl (C=O) groups excluding carboxylic acids is 6. The van der Waals surface area contributed by atoms with Crippen LogP contribution in [0.3, 0.4) is 0 Å². The fraction of sp³-hybridized carbons (Fsp3) is 0.500. The van der Waals surface area contributed by atoms with Gasteiger partial charge in [0.1, 0.15) is 17.8 Å². The van der Waals surface area contributed by atoms with Crippen LogP contribution >= 0.6 is 0 Å². The second-order valence-electron chi connectivity index (χ2n) is 19.8. The number of aliphatic hydroxyl groups is 2. The number of aliphatic hydroxyl groups excluding tert-OH is 1. The summed E-state index contributed by atoms with van der Waals surface area (Å²) in [6.45, 7) is 8.37. The fourth-order valence-corrected chi connectivity index (χ4v) is 11.2. The number of ether oxygens (including phenoxy) is 3. The lowest BCUT2D eigenvalue weighted by atomic mass is 9.46. The zero-order valence-corrected chi connectivity index (χ0v) is 36.9. The van der Waals surface area contributed by atoms with Crippen molar-refractivity contribution in [3.63, 3.8) is 0 Å². The molecule has 5 aliphatic rings. The molecule has 1 aromatic heterocycles. The molecule has 1 heterocycles. The molecule has 4 N–H and O–H groups in total. The molecule has 2 amide bonds. The quantitative estimate of drug-likeness (QED) is 0.117. The third kappa shape index (κ3) is 8.61. The Morgan fingerprint density at radius 2 is 1.69 bits per heavy atom. The number of hydrogen-bond acceptors (Lipinski definition) is 12. The summed E-state index contributed by atoms with van der Waals surface area (Å²) in [5.74, 6) is -4.81. The van der Waals surface area contributed by atoms with Crippen molar-refractivity contribution in [3.8, 4) is 0 Å². The summed E-state index contributed by atoms with van der Waals surface area (Å²) >= 11 is 0. The smallest absolute Gasteiger partial charge is 0.407 e. The molecule has 4 fully saturated rings. The van der Waals surface area contributed by atoms with Crippen molar-refractivity contribution < 1.29 is 53.2 Å². The molecule has 10 atom stereocenters. The Hall–Kier alpha value is -5.73. The van der Waals surface area contributed by atoms with Crippen LogP contribution in [-0.2, 0) is 44.8 Å². The number of alkyl carbamates (subject to hydrolysis) is 1. The Balaban J connectivity index is 0.838. The number of ketones is 2. The van der Waals surface area contributed by atoms with Gasteiger partial charge in [0.2, 0.25) is 11.7 Å². The highest BCUT2D eigenvalue weighted by Crippen LogP contribution is 2.67. The lowest BCUT2D eigenvalue weighted by molar-refractivity contribution is -0.181. The van der Waals surface area contributed by atoms with Gasteiger partial charge in [-0.1, -0.05) is 55.8 Å². The Morgan fingerprint density at radius 1 is 0.953 bits per heavy atom. The Morgan fingerprint density at radius 3 is 2.42 bits per heavy atom. The van der Waals surface area contributed by atoms with E-state index in [4.69, 9.17) is 14.2 Å². The molecule has 4 saturated carbocycles. The van der Waals surface area contributed by atoms with Crippen LogP contribution in [0.2, 0.25) is 0 Å². The highest BCUT2D eigenvalue weighted by Gasteiger charge is 2.68. The lowest BCUT2D eigenvalue weighted by Gasteiger charge is -2.59. The summed E-state index contributed by atoms with van der Waals surface area (Å²) in [5.41, 5.74) is -1.13. The Kier molecular flexibility index (Phi) is 11.9. The predicted molar refractivity (Wildman–Crippen MR) is 234 cm³/mol. The van der Waals surface area contributed by atoms with Crippen molar-refractivity contribution in [2.45, 2.75) is 103 Å². The molecule has 8 rings (SSSR count). The highest BCUT2D eigenvalue weighted by molar-refractivity contribution is 6.01. The van der Waals surface area contributed by atoms with Crippen LogP contribution in [-0.4, -0.2) is 81.2 Å². The lowest BCUT2D eigenvalue weighted by Crippen LogP contribution is -2.61. The summed E-state index contributed by atoms with van der Waals surface area (Å²) in [6, 6.07) is 14.2. The number of anilines is 1. The third-order valence-electron chi connectivity index (χ3n) is 14.7. The van der Waals surface area contributed by atoms with Gasteiger partial charge in [0.15, 0.2) is 12.4 Å². The average Bonchev–Trinajstić information content (AvgIpc) is 4.00. The largest absolute Gasteiger partial charge is 0.461 e. The number of fused-ring (bicyclic) bond motifs is 6. The molecular formula is C50H57N3O11. The van der Waals surface area contributed by atoms with E-state index in [0.29, 0.717) is 29.7 Å². The summed E-state index contributed by atoms with van der Waals surface area (Å²) in [4.78, 5) is 82.5. The van der Waals surface area contributed by atoms with Gasteiger partial charge < -0.3 is 35.1 Å². The number of aromatic nitrogens is 1. The monoisotopic (exact) mass is 875 g/mol. The van der Waals surface area contributed by atoms with E-state index in [0.717, 1.165) is 22.8 Å². The molecule has 0 bridgehead atoms. The Bertz CT molecular complexity index is 2440. The summed E-state index contributed by atoms with van der Waals surface area (Å²) < 4.78 is 16.4. The maximum atomic E-state index is 13.8. The van der Waals surface area contributed by atoms with Crippen molar-refractivity contribution in [2.75, 3.05) is 18.5 Å². The number of rotatable bonds is 12. The molecule has 338 valence electrons. The number of allylic oxidation sites excluding steroid dienone is 4. The van der Waals surface area contributed by atoms with Crippen LogP contribution in [0.15, 0.2) is 84.7 Å². The summed E-state index contributed by atoms with van der Waals surface area (Å²) in [6.07, 6.45) is 9.72. The molecule has 0 radical (unpaired) electrons. The predicted octanol–water partition coefficient (Wildman–Crippen LogP) is 6.28. The van der Waals surface area contributed by atoms with E-state index >= 15 is 0 Å². The minimum absolute atomic E-state index is 0.0332. The topological polar surface area (TPSA) is 208 Å². The van der Waals surface area contributed by atoms with Crippen LogP contribution in [0.1, 0.15) is 90.2 Å². The molecule has 0 saturated heterocycles. The van der Waals surface area contributed by atoms with E-state index in [1.807, 2.05) is 31.2 Å². The van der Waals surface area contributed by atoms with Gasteiger partial charge in [-0.2, -0.15) is 0 Å². The number of amides is 2. The van der Waals surface area contributed by atoms with Crippen LogP contribution in [0.5, 0.6) is 0 Å². The second-order valence-corrected chi connectivity index (χ2v) is 19.8. The number of nitrogens with zero attached hydrogens (tertiary/aromatic N) is 1. The number of esters is 2. The number of hydrogen-bond donors (Lipinski definition) is 4. The van der Waals surface area contributed by atoms with Crippen LogP contribution in [0.4, 0.5) is 10.5 Å². The van der Waals surface area contributed by atoms with Gasteiger partial charge in [0, 0.05) is 46.8 Å². The molecule has 14 heteroatoms. The van der Waals surface area contributed by atoms with Gasteiger partial charge in [0.05, 0.1) is 23.9 Å². The molecule has 64 heavy (non-hydrogen) atoms. The molecule has 2 unspecified atom stereocenters. The minimum Gasteiger partial charge on any atom is -0.461 e. The number of carbonyl (C=O) groups is 6. The number of benzene rings is 2. The van der Waals surface area contributed by atoms with Crippen LogP contribution in [0.25, 0.3) is 10.8 Å². The van der Waals surface area contributed by atoms with E-state index < -0.39 is 76.3 Å². The zero-order chi connectivity index (χ0) is 45.8. The maximum absolute atomic E-state index is 13.8. The van der Waals surface area contributed by atoms with Gasteiger partial charge in [-0.25, -0.2) is 4.79 Å². The van der Waals surface area contributed by atoms with E-state index in [2.05, 4.69) is 22.5 Å². The normalized spacial score (nSPS) is 30.7. The molecule has 2 aromatic carbocycles. The molecule has 3 aromatic rings. The first-order chi connectivity index (χ1) is 30.3. The average molecular weight is 876 g/mol. The van der Waals surface area contributed by atoms with Gasteiger partial charge >= 0.3 is 18.0 Å². The SMILES string of the molecule is CC(C)(C)OC(=O)NC[C@@H](C(=O)Nc1ccc2cnccc2c1)c1ccc(COC(=O)C2CC2C(=O)OCC(=O)[C@@]2(O)CC[C@H]3[C@@H]4CCC5=CC(=O)C=C[C@]5(C)[C@H]4[C@@H](O)C[C@@]32C)cc1. The summed E-state index contributed by atoms with van der Waals surface area (Å²) in [5, 5.41) is 31.2. The van der Waals surface area contributed by atoms with Gasteiger partial charge in [-0.3, -0.25) is 29.0 Å². The molecule has 5 aliphatic carbocycles. The van der Waals surface area contributed by atoms with Crippen LogP contribution in [0, 0.1) is 40.4 Å². The van der Waals surface area contributed by atoms with Crippen molar-refractivity contribution in [1.82, 2.24) is 10.3 Å². The van der Waals surface area contributed by atoms with Crippen molar-refractivity contribution in [1.29, 1.82) is 0 Å². The van der Waals surface area contributed by atoms with Gasteiger partial charge in [-0.05, 0) is 118 Å². The van der Waals surface area contributed by atoms with E-state index in [-0.39, 0.29) is 61.9 Å². The van der Waals surface area contributed by atoms with Crippen LogP contribution < -0.4 is 10.6 Å². The van der Waals surface area contributed by atoms with Gasteiger partial charge in [0.25, 0.3) is 0 Å². The first-order valence-electron chi connectivity index (χ1n) is 22.2. The standard InChI is InChI=1S/C50H57N3O11/c1-47(2,3)64-46(60)52-25-38(43(57)53-33-12-10-31-24-51-19-16-30(31)20-33)29-8-6-28(7-9-29)26-62-44(58)36-22-37(36)45(59)63-27-41(56)50(61)18-15-39-35-13-11-32-21-34(54)14-17-48(32,4)42(35)40(55)23-49(39,50)5/h6-10,12,14,16-17,19-21,24,35-40,42,55,61H,11,13,15,18,22-23,25-27H2,1-5H3,(H,52,60)(H,53,57)/t35-,36?,37?,38+,39-,40-,42+,48-,49-,50-/m0/s1. The van der Waals surface area contributed by atoms with Crippen molar-refractivity contribution in [2.24, 2.45) is 40.4 Å². The third-order valence-corrected chi connectivity index (χ3v) is 14.7. The first-order valence-corrected chi connectivity index (χ1v) is 22.2. The number of nitrogens with one attached hydrogen (secondary N) is 2. The molecule has 14 nitrogen and oxygen atoms in total. The molecular weight excluding hydrogens is 819 g/mol. The van der Waals surface area contributed by atoms with E-state index in [1.165, 1.54) is 0 Å². The second kappa shape index (κ2) is 17.0. The minimum atomic E-state index is -1.80. The maximum Gasteiger partial charge on any atom is 0.407 e. The van der Waals surface area contributed by atoms with Gasteiger partial charge in [-0.15, -0.1) is 0 Å². The first kappa shape index (κ1) is 44.9. The van der Waals surface area contributed by atoms with E-state index in [1.54, 1.807) is 75.6 Å². The summed E-state index contributed by atoms with van der Waals surface area (Å²) in [7, 11) is 0. The fourth-order valence-electron chi connectivity index (χ4n) is 11.2. The highest BCUT2D eigenvalue weighted by atomic mass is 16.6.